The number of esters is 1. The molecule has 1 amide bonds. The van der Waals surface area contributed by atoms with Gasteiger partial charge in [-0.25, -0.2) is 4.79 Å². The van der Waals surface area contributed by atoms with E-state index in [4.69, 9.17) is 14.2 Å². The lowest BCUT2D eigenvalue weighted by Crippen LogP contribution is -2.21. The summed E-state index contributed by atoms with van der Waals surface area (Å²) in [6.45, 7) is 0.859. The van der Waals surface area contributed by atoms with E-state index in [0.717, 1.165) is 19.4 Å². The van der Waals surface area contributed by atoms with Gasteiger partial charge >= 0.3 is 5.97 Å². The van der Waals surface area contributed by atoms with Gasteiger partial charge in [-0.15, -0.1) is 0 Å². The molecule has 8 heteroatoms. The number of carbonyl (C=O) groups is 2. The van der Waals surface area contributed by atoms with Crippen LogP contribution in [-0.2, 0) is 14.3 Å². The van der Waals surface area contributed by atoms with E-state index in [-0.39, 0.29) is 11.9 Å². The molecular formula is C17H18N2O6. The van der Waals surface area contributed by atoms with E-state index in [0.29, 0.717) is 17.9 Å². The van der Waals surface area contributed by atoms with Crippen LogP contribution in [0, 0.1) is 0 Å². The molecule has 1 aromatic carbocycles. The van der Waals surface area contributed by atoms with Gasteiger partial charge < -0.3 is 24.1 Å². The first-order valence-corrected chi connectivity index (χ1v) is 7.92. The third-order valence-corrected chi connectivity index (χ3v) is 3.59. The zero-order valence-electron chi connectivity index (χ0n) is 13.5. The van der Waals surface area contributed by atoms with Crippen LogP contribution in [0.25, 0.3) is 0 Å². The number of nitrogens with one attached hydrogen (secondary N) is 1. The van der Waals surface area contributed by atoms with Crippen LogP contribution < -0.4 is 10.1 Å². The molecule has 1 atom stereocenters. The lowest BCUT2D eigenvalue weighted by molar-refractivity contribution is -0.119. The Morgan fingerprint density at radius 1 is 1.24 bits per heavy atom. The molecule has 132 valence electrons. The number of rotatable bonds is 7. The Kier molecular flexibility index (Phi) is 5.63. The molecule has 0 radical (unpaired) electrons. The standard InChI is InChI=1S/C17H18N2O6/c20-16(18-15-7-9-25-19-15)11-24-17(21)12-3-5-13(6-4-12)23-10-14-2-1-8-22-14/h3-7,9,14H,1-2,8,10-11H2,(H,18,19,20). The van der Waals surface area contributed by atoms with Crippen LogP contribution in [-0.4, -0.2) is 43.0 Å². The number of carbonyl (C=O) groups excluding carboxylic acids is 2. The highest BCUT2D eigenvalue weighted by Gasteiger charge is 2.16. The summed E-state index contributed by atoms with van der Waals surface area (Å²) in [7, 11) is 0. The van der Waals surface area contributed by atoms with Crippen molar-refractivity contribution in [2.24, 2.45) is 0 Å². The molecule has 2 heterocycles. The van der Waals surface area contributed by atoms with E-state index in [9.17, 15) is 9.59 Å². The molecule has 25 heavy (non-hydrogen) atoms. The van der Waals surface area contributed by atoms with E-state index in [1.165, 1.54) is 12.3 Å². The lowest BCUT2D eigenvalue weighted by atomic mass is 10.2. The highest BCUT2D eigenvalue weighted by atomic mass is 16.5. The van der Waals surface area contributed by atoms with Crippen molar-refractivity contribution in [3.63, 3.8) is 0 Å². The second-order valence-corrected chi connectivity index (χ2v) is 5.48. The Balaban J connectivity index is 1.42. The number of aromatic nitrogens is 1. The molecule has 1 aliphatic heterocycles. The Labute approximate surface area is 144 Å². The molecule has 1 unspecified atom stereocenters. The first-order valence-electron chi connectivity index (χ1n) is 7.92. The van der Waals surface area contributed by atoms with E-state index in [1.807, 2.05) is 0 Å². The first kappa shape index (κ1) is 17.0. The molecule has 1 N–H and O–H groups in total. The van der Waals surface area contributed by atoms with Crippen LogP contribution in [0.3, 0.4) is 0 Å². The van der Waals surface area contributed by atoms with Gasteiger partial charge in [0.05, 0.1) is 11.7 Å². The van der Waals surface area contributed by atoms with Crippen molar-refractivity contribution in [2.75, 3.05) is 25.1 Å². The van der Waals surface area contributed by atoms with Gasteiger partial charge in [0, 0.05) is 12.7 Å². The number of nitrogens with zero attached hydrogens (tertiary/aromatic N) is 1. The Morgan fingerprint density at radius 2 is 2.08 bits per heavy atom. The topological polar surface area (TPSA) is 99.9 Å². The lowest BCUT2D eigenvalue weighted by Gasteiger charge is -2.11. The summed E-state index contributed by atoms with van der Waals surface area (Å²) >= 11 is 0. The maximum Gasteiger partial charge on any atom is 0.338 e. The van der Waals surface area contributed by atoms with Crippen LogP contribution in [0.5, 0.6) is 5.75 Å². The van der Waals surface area contributed by atoms with E-state index < -0.39 is 18.5 Å². The molecule has 8 nitrogen and oxygen atoms in total. The van der Waals surface area contributed by atoms with Crippen molar-refractivity contribution in [3.05, 3.63) is 42.2 Å². The van der Waals surface area contributed by atoms with Gasteiger partial charge in [0.25, 0.3) is 5.91 Å². The average molecular weight is 346 g/mol. The summed E-state index contributed by atoms with van der Waals surface area (Å²) < 4.78 is 20.6. The second kappa shape index (κ2) is 8.29. The quantitative estimate of drug-likeness (QED) is 0.766. The van der Waals surface area contributed by atoms with E-state index >= 15 is 0 Å². The van der Waals surface area contributed by atoms with Gasteiger partial charge in [-0.2, -0.15) is 0 Å². The fourth-order valence-corrected chi connectivity index (χ4v) is 2.32. The second-order valence-electron chi connectivity index (χ2n) is 5.48. The zero-order chi connectivity index (χ0) is 17.5. The third kappa shape index (κ3) is 5.05. The van der Waals surface area contributed by atoms with Crippen LogP contribution in [0.4, 0.5) is 5.82 Å². The number of anilines is 1. The molecule has 1 saturated heterocycles. The zero-order valence-corrected chi connectivity index (χ0v) is 13.5. The number of amides is 1. The number of ether oxygens (including phenoxy) is 3. The van der Waals surface area contributed by atoms with Crippen molar-refractivity contribution in [2.45, 2.75) is 18.9 Å². The molecule has 0 spiro atoms. The summed E-state index contributed by atoms with van der Waals surface area (Å²) in [4.78, 5) is 23.5. The van der Waals surface area contributed by atoms with Gasteiger partial charge in [0.2, 0.25) is 0 Å². The van der Waals surface area contributed by atoms with Crippen molar-refractivity contribution in [1.29, 1.82) is 0 Å². The molecular weight excluding hydrogens is 328 g/mol. The number of hydrogen-bond acceptors (Lipinski definition) is 7. The van der Waals surface area contributed by atoms with Crippen molar-refractivity contribution in [3.8, 4) is 5.75 Å². The Bertz CT molecular complexity index is 692. The van der Waals surface area contributed by atoms with Gasteiger partial charge in [-0.3, -0.25) is 4.79 Å². The van der Waals surface area contributed by atoms with E-state index in [2.05, 4.69) is 15.0 Å². The van der Waals surface area contributed by atoms with Crippen molar-refractivity contribution >= 4 is 17.7 Å². The van der Waals surface area contributed by atoms with Crippen LogP contribution >= 0.6 is 0 Å². The summed E-state index contributed by atoms with van der Waals surface area (Å²) in [6.07, 6.45) is 3.52. The summed E-state index contributed by atoms with van der Waals surface area (Å²) in [5.74, 6) is -0.190. The van der Waals surface area contributed by atoms with Gasteiger partial charge in [-0.1, -0.05) is 5.16 Å². The minimum Gasteiger partial charge on any atom is -0.491 e. The SMILES string of the molecule is O=C(COC(=O)c1ccc(OCC2CCCO2)cc1)Nc1ccon1. The summed E-state index contributed by atoms with van der Waals surface area (Å²) in [5.41, 5.74) is 0.332. The van der Waals surface area contributed by atoms with Crippen LogP contribution in [0.1, 0.15) is 23.2 Å². The van der Waals surface area contributed by atoms with Crippen molar-refractivity contribution < 1.29 is 28.3 Å². The predicted octanol–water partition coefficient (Wildman–Crippen LogP) is 2.03. The predicted molar refractivity (Wildman–Crippen MR) is 86.3 cm³/mol. The fraction of sp³-hybridized carbons (Fsp3) is 0.353. The average Bonchev–Trinajstić information content (AvgIpc) is 3.32. The monoisotopic (exact) mass is 346 g/mol. The van der Waals surface area contributed by atoms with Gasteiger partial charge in [-0.05, 0) is 37.1 Å². The molecule has 2 aromatic rings. The van der Waals surface area contributed by atoms with E-state index in [1.54, 1.807) is 24.3 Å². The molecule has 1 aromatic heterocycles. The minimum atomic E-state index is -0.596. The molecule has 0 bridgehead atoms. The Morgan fingerprint density at radius 3 is 2.76 bits per heavy atom. The maximum atomic E-state index is 11.9. The van der Waals surface area contributed by atoms with Gasteiger partial charge in [0.15, 0.2) is 12.4 Å². The third-order valence-electron chi connectivity index (χ3n) is 3.59. The highest BCUT2D eigenvalue weighted by molar-refractivity contribution is 5.94. The maximum absolute atomic E-state index is 11.9. The fourth-order valence-electron chi connectivity index (χ4n) is 2.32. The first-order chi connectivity index (χ1) is 12.2. The molecule has 1 fully saturated rings. The van der Waals surface area contributed by atoms with Crippen LogP contribution in [0.2, 0.25) is 0 Å². The van der Waals surface area contributed by atoms with Crippen molar-refractivity contribution in [1.82, 2.24) is 5.16 Å². The molecule has 1 aliphatic rings. The normalized spacial score (nSPS) is 16.4. The minimum absolute atomic E-state index is 0.132. The molecule has 0 saturated carbocycles. The highest BCUT2D eigenvalue weighted by Crippen LogP contribution is 2.17. The smallest absolute Gasteiger partial charge is 0.338 e. The number of benzene rings is 1. The largest absolute Gasteiger partial charge is 0.491 e. The van der Waals surface area contributed by atoms with Crippen LogP contribution in [0.15, 0.2) is 41.1 Å². The Hall–Kier alpha value is -2.87. The van der Waals surface area contributed by atoms with Gasteiger partial charge in [0.1, 0.15) is 18.6 Å². The number of hydrogen-bond donors (Lipinski definition) is 1. The summed E-state index contributed by atoms with van der Waals surface area (Å²) in [6, 6.07) is 8.02. The molecule has 0 aliphatic carbocycles. The molecule has 3 rings (SSSR count). The summed E-state index contributed by atoms with van der Waals surface area (Å²) in [5, 5.41) is 5.96.